The SMILES string of the molecule is Cc1ccc(C)c(NC(=O)[C@H](Sc2nnnn2C2CC2)c2ccccc2)c1. The van der Waals surface area contributed by atoms with Crippen molar-refractivity contribution in [3.8, 4) is 0 Å². The van der Waals surface area contributed by atoms with E-state index in [1.165, 1.54) is 11.8 Å². The molecule has 1 fully saturated rings. The Balaban J connectivity index is 1.62. The first-order valence-corrected chi connectivity index (χ1v) is 9.87. The number of carbonyl (C=O) groups excluding carboxylic acids is 1. The van der Waals surface area contributed by atoms with Crippen LogP contribution >= 0.6 is 11.8 Å². The maximum absolute atomic E-state index is 13.2. The van der Waals surface area contributed by atoms with E-state index in [0.717, 1.165) is 35.2 Å². The average molecular weight is 379 g/mol. The van der Waals surface area contributed by atoms with Gasteiger partial charge >= 0.3 is 0 Å². The normalized spacial score (nSPS) is 14.7. The number of thioether (sulfide) groups is 1. The lowest BCUT2D eigenvalue weighted by Crippen LogP contribution is -2.20. The van der Waals surface area contributed by atoms with Crippen LogP contribution in [0.1, 0.15) is 40.8 Å². The summed E-state index contributed by atoms with van der Waals surface area (Å²) in [6, 6.07) is 16.2. The molecule has 1 amide bonds. The molecule has 1 N–H and O–H groups in total. The molecule has 3 aromatic rings. The van der Waals surface area contributed by atoms with Crippen LogP contribution in [0.25, 0.3) is 0 Å². The zero-order valence-electron chi connectivity index (χ0n) is 15.3. The molecule has 7 heteroatoms. The summed E-state index contributed by atoms with van der Waals surface area (Å²) in [5.74, 6) is -0.0785. The van der Waals surface area contributed by atoms with Gasteiger partial charge < -0.3 is 5.32 Å². The Morgan fingerprint density at radius 1 is 1.19 bits per heavy atom. The minimum Gasteiger partial charge on any atom is -0.325 e. The van der Waals surface area contributed by atoms with Gasteiger partial charge in [-0.1, -0.05) is 54.2 Å². The van der Waals surface area contributed by atoms with Crippen LogP contribution in [0.2, 0.25) is 0 Å². The fourth-order valence-electron chi connectivity index (χ4n) is 2.89. The van der Waals surface area contributed by atoms with Crippen LogP contribution in [0, 0.1) is 13.8 Å². The second kappa shape index (κ2) is 7.52. The Kier molecular flexibility index (Phi) is 4.94. The van der Waals surface area contributed by atoms with Crippen molar-refractivity contribution in [2.24, 2.45) is 0 Å². The molecule has 27 heavy (non-hydrogen) atoms. The maximum Gasteiger partial charge on any atom is 0.242 e. The van der Waals surface area contributed by atoms with Crippen molar-refractivity contribution >= 4 is 23.4 Å². The lowest BCUT2D eigenvalue weighted by molar-refractivity contribution is -0.115. The monoisotopic (exact) mass is 379 g/mol. The fourth-order valence-corrected chi connectivity index (χ4v) is 3.93. The van der Waals surface area contributed by atoms with Crippen LogP contribution in [0.5, 0.6) is 0 Å². The minimum atomic E-state index is -0.436. The molecule has 6 nitrogen and oxygen atoms in total. The molecule has 4 rings (SSSR count). The molecule has 1 aliphatic carbocycles. The van der Waals surface area contributed by atoms with E-state index in [4.69, 9.17) is 0 Å². The molecule has 1 aliphatic rings. The molecule has 0 aliphatic heterocycles. The molecule has 0 radical (unpaired) electrons. The number of amides is 1. The average Bonchev–Trinajstić information content (AvgIpc) is 3.41. The predicted octanol–water partition coefficient (Wildman–Crippen LogP) is 4.10. The van der Waals surface area contributed by atoms with Crippen molar-refractivity contribution in [2.75, 3.05) is 5.32 Å². The lowest BCUT2D eigenvalue weighted by atomic mass is 10.1. The van der Waals surface area contributed by atoms with Gasteiger partial charge in [0.25, 0.3) is 0 Å². The lowest BCUT2D eigenvalue weighted by Gasteiger charge is -2.17. The molecule has 0 saturated heterocycles. The van der Waals surface area contributed by atoms with E-state index in [0.29, 0.717) is 11.2 Å². The van der Waals surface area contributed by atoms with E-state index in [1.807, 2.05) is 67.1 Å². The number of hydrogen-bond acceptors (Lipinski definition) is 5. The highest BCUT2D eigenvalue weighted by molar-refractivity contribution is 8.00. The van der Waals surface area contributed by atoms with Gasteiger partial charge in [-0.2, -0.15) is 0 Å². The van der Waals surface area contributed by atoms with Gasteiger partial charge in [0.05, 0.1) is 6.04 Å². The fraction of sp³-hybridized carbons (Fsp3) is 0.300. The number of nitrogens with zero attached hydrogens (tertiary/aromatic N) is 4. The topological polar surface area (TPSA) is 72.7 Å². The van der Waals surface area contributed by atoms with Crippen LogP contribution < -0.4 is 5.32 Å². The van der Waals surface area contributed by atoms with E-state index in [-0.39, 0.29) is 5.91 Å². The van der Waals surface area contributed by atoms with E-state index in [1.54, 1.807) is 0 Å². The number of aromatic nitrogens is 4. The summed E-state index contributed by atoms with van der Waals surface area (Å²) in [6.07, 6.45) is 2.17. The van der Waals surface area contributed by atoms with Crippen molar-refractivity contribution in [3.05, 3.63) is 65.2 Å². The first kappa shape index (κ1) is 17.7. The van der Waals surface area contributed by atoms with Gasteiger partial charge in [0.15, 0.2) is 0 Å². The zero-order chi connectivity index (χ0) is 18.8. The molecule has 0 unspecified atom stereocenters. The largest absolute Gasteiger partial charge is 0.325 e. The van der Waals surface area contributed by atoms with Crippen molar-refractivity contribution in [2.45, 2.75) is 43.1 Å². The number of nitrogens with one attached hydrogen (secondary N) is 1. The molecule has 2 aromatic carbocycles. The summed E-state index contributed by atoms with van der Waals surface area (Å²) in [5.41, 5.74) is 3.91. The van der Waals surface area contributed by atoms with Crippen molar-refractivity contribution in [1.82, 2.24) is 20.2 Å². The quantitative estimate of drug-likeness (QED) is 0.653. The number of aryl methyl sites for hydroxylation is 2. The minimum absolute atomic E-state index is 0.0785. The van der Waals surface area contributed by atoms with Gasteiger partial charge in [0, 0.05) is 5.69 Å². The van der Waals surface area contributed by atoms with Crippen LogP contribution in [0.3, 0.4) is 0 Å². The summed E-state index contributed by atoms with van der Waals surface area (Å²) in [4.78, 5) is 13.2. The summed E-state index contributed by atoms with van der Waals surface area (Å²) < 4.78 is 1.84. The summed E-state index contributed by atoms with van der Waals surface area (Å²) in [5, 5.41) is 15.4. The van der Waals surface area contributed by atoms with Crippen LogP contribution in [0.15, 0.2) is 53.7 Å². The highest BCUT2D eigenvalue weighted by Gasteiger charge is 2.31. The second-order valence-electron chi connectivity index (χ2n) is 6.85. The third kappa shape index (κ3) is 4.03. The highest BCUT2D eigenvalue weighted by atomic mass is 32.2. The van der Waals surface area contributed by atoms with Crippen LogP contribution in [-0.4, -0.2) is 26.1 Å². The van der Waals surface area contributed by atoms with Gasteiger partial charge in [0.1, 0.15) is 5.25 Å². The molecule has 0 spiro atoms. The van der Waals surface area contributed by atoms with Crippen LogP contribution in [-0.2, 0) is 4.79 Å². The van der Waals surface area contributed by atoms with Gasteiger partial charge in [-0.3, -0.25) is 4.79 Å². The number of benzene rings is 2. The molecule has 1 saturated carbocycles. The van der Waals surface area contributed by atoms with Crippen molar-refractivity contribution in [1.29, 1.82) is 0 Å². The van der Waals surface area contributed by atoms with E-state index in [9.17, 15) is 4.79 Å². The first-order valence-electron chi connectivity index (χ1n) is 8.99. The predicted molar refractivity (Wildman–Crippen MR) is 106 cm³/mol. The number of hydrogen-bond donors (Lipinski definition) is 1. The number of tetrazole rings is 1. The Morgan fingerprint density at radius 3 is 2.70 bits per heavy atom. The number of rotatable bonds is 6. The maximum atomic E-state index is 13.2. The number of anilines is 1. The molecule has 1 heterocycles. The van der Waals surface area contributed by atoms with Crippen LogP contribution in [0.4, 0.5) is 5.69 Å². The number of carbonyl (C=O) groups is 1. The first-order chi connectivity index (χ1) is 13.1. The van der Waals surface area contributed by atoms with Gasteiger partial charge in [-0.25, -0.2) is 4.68 Å². The standard InChI is InChI=1S/C20H21N5OS/c1-13-8-9-14(2)17(12-13)21-19(26)18(15-6-4-3-5-7-15)27-20-22-23-24-25(20)16-10-11-16/h3-9,12,16,18H,10-11H2,1-2H3,(H,21,26)/t18-/m1/s1. The van der Waals surface area contributed by atoms with E-state index >= 15 is 0 Å². The molecular formula is C20H21N5OS. The smallest absolute Gasteiger partial charge is 0.242 e. The Labute approximate surface area is 162 Å². The highest BCUT2D eigenvalue weighted by Crippen LogP contribution is 2.40. The molecule has 1 atom stereocenters. The summed E-state index contributed by atoms with van der Waals surface area (Å²) in [7, 11) is 0. The molecule has 1 aromatic heterocycles. The van der Waals surface area contributed by atoms with Crippen molar-refractivity contribution < 1.29 is 4.79 Å². The third-order valence-corrected chi connectivity index (χ3v) is 5.77. The molecular weight excluding hydrogens is 358 g/mol. The van der Waals surface area contributed by atoms with Gasteiger partial charge in [0.2, 0.25) is 11.1 Å². The Bertz CT molecular complexity index is 952. The molecule has 138 valence electrons. The van der Waals surface area contributed by atoms with E-state index < -0.39 is 5.25 Å². The van der Waals surface area contributed by atoms with Gasteiger partial charge in [-0.15, -0.1) is 5.10 Å². The summed E-state index contributed by atoms with van der Waals surface area (Å²) >= 11 is 1.40. The Morgan fingerprint density at radius 2 is 1.96 bits per heavy atom. The van der Waals surface area contributed by atoms with E-state index in [2.05, 4.69) is 20.8 Å². The van der Waals surface area contributed by atoms with Gasteiger partial charge in [-0.05, 0) is 59.9 Å². The summed E-state index contributed by atoms with van der Waals surface area (Å²) in [6.45, 7) is 4.01. The molecule has 0 bridgehead atoms. The van der Waals surface area contributed by atoms with Crippen molar-refractivity contribution in [3.63, 3.8) is 0 Å². The third-order valence-electron chi connectivity index (χ3n) is 4.57. The Hall–Kier alpha value is -2.67. The second-order valence-corrected chi connectivity index (χ2v) is 7.93. The zero-order valence-corrected chi connectivity index (χ0v) is 16.1.